The molecule has 2 atom stereocenters. The number of nitrogens with zero attached hydrogens (tertiary/aromatic N) is 1. The van der Waals surface area contributed by atoms with E-state index in [0.29, 0.717) is 6.61 Å². The van der Waals surface area contributed by atoms with Crippen LogP contribution in [0.15, 0.2) is 0 Å². The van der Waals surface area contributed by atoms with Crippen LogP contribution in [0.5, 0.6) is 0 Å². The number of carbonyl (C=O) groups excluding carboxylic acids is 2. The van der Waals surface area contributed by atoms with Gasteiger partial charge in [0.15, 0.2) is 0 Å². The molecule has 0 fully saturated rings. The van der Waals surface area contributed by atoms with Crippen LogP contribution in [-0.4, -0.2) is 31.1 Å². The number of nitriles is 1. The molecular weight excluding hydrogens is 210 g/mol. The van der Waals surface area contributed by atoms with Gasteiger partial charge in [-0.05, 0) is 20.3 Å². The van der Waals surface area contributed by atoms with E-state index in [4.69, 9.17) is 15.7 Å². The Labute approximate surface area is 94.7 Å². The fraction of sp³-hybridized carbons (Fsp3) is 0.700. The van der Waals surface area contributed by atoms with Crippen LogP contribution in [0.3, 0.4) is 0 Å². The first-order chi connectivity index (χ1) is 7.51. The van der Waals surface area contributed by atoms with Crippen molar-refractivity contribution in [2.75, 3.05) is 13.2 Å². The molecule has 0 bridgehead atoms. The summed E-state index contributed by atoms with van der Waals surface area (Å²) in [4.78, 5) is 22.3. The largest absolute Gasteiger partial charge is 0.372 e. The molecule has 6 nitrogen and oxygen atoms in total. The molecule has 0 unspecified atom stereocenters. The molecule has 0 spiro atoms. The van der Waals surface area contributed by atoms with E-state index in [9.17, 15) is 9.59 Å². The fourth-order valence-electron chi connectivity index (χ4n) is 1.08. The van der Waals surface area contributed by atoms with Crippen LogP contribution in [0, 0.1) is 17.2 Å². The molecule has 0 radical (unpaired) electrons. The van der Waals surface area contributed by atoms with Crippen LogP contribution >= 0.6 is 0 Å². The van der Waals surface area contributed by atoms with Crippen LogP contribution in [0.4, 0.5) is 0 Å². The second kappa shape index (κ2) is 7.65. The van der Waals surface area contributed by atoms with E-state index in [1.165, 1.54) is 0 Å². The maximum absolute atomic E-state index is 11.3. The van der Waals surface area contributed by atoms with Gasteiger partial charge in [0.05, 0.1) is 6.07 Å². The van der Waals surface area contributed by atoms with Crippen molar-refractivity contribution < 1.29 is 14.3 Å². The van der Waals surface area contributed by atoms with E-state index in [1.807, 2.05) is 6.07 Å². The van der Waals surface area contributed by atoms with Gasteiger partial charge in [-0.2, -0.15) is 5.26 Å². The molecule has 6 heteroatoms. The molecule has 0 aliphatic rings. The number of rotatable bonds is 7. The number of hydrogen-bond donors (Lipinski definition) is 2. The molecule has 0 rings (SSSR count). The molecule has 0 aliphatic carbocycles. The monoisotopic (exact) mass is 227 g/mol. The van der Waals surface area contributed by atoms with E-state index >= 15 is 0 Å². The van der Waals surface area contributed by atoms with E-state index in [0.717, 1.165) is 0 Å². The van der Waals surface area contributed by atoms with Gasteiger partial charge in [0, 0.05) is 12.5 Å². The molecule has 0 saturated heterocycles. The molecule has 0 saturated carbocycles. The molecule has 90 valence electrons. The molecule has 2 amide bonds. The van der Waals surface area contributed by atoms with Gasteiger partial charge in [0.2, 0.25) is 11.8 Å². The van der Waals surface area contributed by atoms with Gasteiger partial charge in [-0.15, -0.1) is 0 Å². The van der Waals surface area contributed by atoms with Crippen molar-refractivity contribution in [3.05, 3.63) is 0 Å². The Morgan fingerprint density at radius 3 is 2.62 bits per heavy atom. The van der Waals surface area contributed by atoms with Crippen molar-refractivity contribution in [1.82, 2.24) is 5.32 Å². The summed E-state index contributed by atoms with van der Waals surface area (Å²) in [6.07, 6.45) is 0.212. The normalized spacial score (nSPS) is 13.6. The van der Waals surface area contributed by atoms with E-state index in [1.54, 1.807) is 13.8 Å². The number of hydrogen-bond acceptors (Lipinski definition) is 4. The highest BCUT2D eigenvalue weighted by atomic mass is 16.5. The zero-order chi connectivity index (χ0) is 12.6. The summed E-state index contributed by atoms with van der Waals surface area (Å²) in [5.74, 6) is -1.40. The average Bonchev–Trinajstić information content (AvgIpc) is 2.24. The van der Waals surface area contributed by atoms with Crippen molar-refractivity contribution in [3.8, 4) is 6.07 Å². The van der Waals surface area contributed by atoms with Gasteiger partial charge < -0.3 is 15.8 Å². The number of carbonyl (C=O) groups is 2. The van der Waals surface area contributed by atoms with Crippen molar-refractivity contribution >= 4 is 11.8 Å². The lowest BCUT2D eigenvalue weighted by Gasteiger charge is -2.16. The van der Waals surface area contributed by atoms with Crippen molar-refractivity contribution in [3.63, 3.8) is 0 Å². The molecule has 0 aromatic heterocycles. The molecule has 0 heterocycles. The summed E-state index contributed by atoms with van der Waals surface area (Å²) in [5.41, 5.74) is 5.11. The molecule has 0 aromatic carbocycles. The second-order valence-electron chi connectivity index (χ2n) is 3.43. The minimum absolute atomic E-state index is 0.110. The third-order valence-corrected chi connectivity index (χ3v) is 1.93. The summed E-state index contributed by atoms with van der Waals surface area (Å²) in [7, 11) is 0. The third-order valence-electron chi connectivity index (χ3n) is 1.93. The molecule has 3 N–H and O–H groups in total. The van der Waals surface area contributed by atoms with Gasteiger partial charge >= 0.3 is 0 Å². The summed E-state index contributed by atoms with van der Waals surface area (Å²) in [6.45, 7) is 3.73. The highest BCUT2D eigenvalue weighted by Gasteiger charge is 2.20. The molecular formula is C10H17N3O3. The van der Waals surface area contributed by atoms with Gasteiger partial charge in [-0.3, -0.25) is 9.59 Å². The van der Waals surface area contributed by atoms with Crippen molar-refractivity contribution in [2.45, 2.75) is 26.3 Å². The Bertz CT molecular complexity index is 286. The number of ether oxygens (including phenoxy) is 1. The quantitative estimate of drug-likeness (QED) is 0.614. The third kappa shape index (κ3) is 5.98. The van der Waals surface area contributed by atoms with Gasteiger partial charge in [0.25, 0.3) is 0 Å². The topological polar surface area (TPSA) is 105 Å². The SMILES string of the molecule is CCOCC(=O)N[C@H](C[C@H](C)C#N)C(N)=O. The highest BCUT2D eigenvalue weighted by Crippen LogP contribution is 2.04. The van der Waals surface area contributed by atoms with Crippen LogP contribution in [0.25, 0.3) is 0 Å². The Kier molecular flexibility index (Phi) is 6.88. The smallest absolute Gasteiger partial charge is 0.246 e. The number of primary amides is 1. The maximum atomic E-state index is 11.3. The maximum Gasteiger partial charge on any atom is 0.246 e. The van der Waals surface area contributed by atoms with Gasteiger partial charge in [0.1, 0.15) is 12.6 Å². The first-order valence-corrected chi connectivity index (χ1v) is 5.07. The van der Waals surface area contributed by atoms with Gasteiger partial charge in [-0.1, -0.05) is 0 Å². The lowest BCUT2D eigenvalue weighted by molar-refractivity contribution is -0.130. The van der Waals surface area contributed by atoms with E-state index in [-0.39, 0.29) is 18.9 Å². The van der Waals surface area contributed by atoms with Crippen LogP contribution in [0.1, 0.15) is 20.3 Å². The first-order valence-electron chi connectivity index (χ1n) is 5.07. The first kappa shape index (κ1) is 14.4. The van der Waals surface area contributed by atoms with Crippen LogP contribution < -0.4 is 11.1 Å². The van der Waals surface area contributed by atoms with E-state index in [2.05, 4.69) is 5.32 Å². The lowest BCUT2D eigenvalue weighted by atomic mass is 10.0. The van der Waals surface area contributed by atoms with Crippen molar-refractivity contribution in [1.29, 1.82) is 5.26 Å². The molecule has 16 heavy (non-hydrogen) atoms. The number of amides is 2. The van der Waals surface area contributed by atoms with Crippen molar-refractivity contribution in [2.24, 2.45) is 11.7 Å². The summed E-state index contributed by atoms with van der Waals surface area (Å²) in [5, 5.41) is 11.0. The standard InChI is InChI=1S/C10H17N3O3/c1-3-16-6-9(14)13-8(10(12)15)4-7(2)5-11/h7-8H,3-4,6H2,1-2H3,(H2,12,15)(H,13,14)/t7-,8+/m0/s1. The Morgan fingerprint density at radius 1 is 1.56 bits per heavy atom. The predicted molar refractivity (Wildman–Crippen MR) is 57.0 cm³/mol. The highest BCUT2D eigenvalue weighted by molar-refractivity contribution is 5.87. The lowest BCUT2D eigenvalue weighted by Crippen LogP contribution is -2.46. The molecule has 0 aliphatic heterocycles. The Balaban J connectivity index is 4.19. The van der Waals surface area contributed by atoms with Crippen LogP contribution in [-0.2, 0) is 14.3 Å². The minimum Gasteiger partial charge on any atom is -0.372 e. The number of nitrogens with two attached hydrogens (primary N) is 1. The Morgan fingerprint density at radius 2 is 2.19 bits per heavy atom. The Hall–Kier alpha value is -1.61. The molecule has 0 aromatic rings. The summed E-state index contributed by atoms with van der Waals surface area (Å²) in [6, 6.07) is 1.16. The summed E-state index contributed by atoms with van der Waals surface area (Å²) < 4.78 is 4.88. The zero-order valence-corrected chi connectivity index (χ0v) is 9.53. The zero-order valence-electron chi connectivity index (χ0n) is 9.53. The number of nitrogens with one attached hydrogen (secondary N) is 1. The fourth-order valence-corrected chi connectivity index (χ4v) is 1.08. The van der Waals surface area contributed by atoms with E-state index < -0.39 is 17.9 Å². The second-order valence-corrected chi connectivity index (χ2v) is 3.43. The van der Waals surface area contributed by atoms with Crippen LogP contribution in [0.2, 0.25) is 0 Å². The minimum atomic E-state index is -0.817. The average molecular weight is 227 g/mol. The summed E-state index contributed by atoms with van der Waals surface area (Å²) >= 11 is 0. The predicted octanol–water partition coefficient (Wildman–Crippen LogP) is -0.457. The van der Waals surface area contributed by atoms with Gasteiger partial charge in [-0.25, -0.2) is 0 Å².